The largest absolute Gasteiger partial charge is 0.495 e. The monoisotopic (exact) mass is 437 g/mol. The second-order valence-corrected chi connectivity index (χ2v) is 8.81. The van der Waals surface area contributed by atoms with Gasteiger partial charge in [0, 0.05) is 24.5 Å². The highest BCUT2D eigenvalue weighted by molar-refractivity contribution is 8.00. The van der Waals surface area contributed by atoms with E-state index in [0.717, 1.165) is 30.2 Å². The maximum atomic E-state index is 12.8. The number of hydrogen-bond donors (Lipinski definition) is 1. The van der Waals surface area contributed by atoms with Crippen molar-refractivity contribution in [1.82, 2.24) is 14.8 Å². The lowest BCUT2D eigenvalue weighted by Gasteiger charge is -2.28. The molecule has 1 N–H and O–H groups in total. The van der Waals surface area contributed by atoms with E-state index in [0.29, 0.717) is 5.16 Å². The highest BCUT2D eigenvalue weighted by Crippen LogP contribution is 2.29. The highest BCUT2D eigenvalue weighted by atomic mass is 32.2. The molecule has 1 aromatic heterocycles. The van der Waals surface area contributed by atoms with Gasteiger partial charge in [-0.15, -0.1) is 10.2 Å². The molecule has 0 radical (unpaired) electrons. The van der Waals surface area contributed by atoms with Crippen LogP contribution in [0, 0.1) is 0 Å². The summed E-state index contributed by atoms with van der Waals surface area (Å²) in [5, 5.41) is 11.5. The van der Waals surface area contributed by atoms with E-state index in [2.05, 4.69) is 32.5 Å². The van der Waals surface area contributed by atoms with Gasteiger partial charge in [0.25, 0.3) is 0 Å². The van der Waals surface area contributed by atoms with Crippen LogP contribution in [0.25, 0.3) is 5.69 Å². The summed E-state index contributed by atoms with van der Waals surface area (Å²) in [6.45, 7) is 4.07. The molecule has 0 saturated carbocycles. The number of amides is 1. The third-order valence-electron chi connectivity index (χ3n) is 5.37. The summed E-state index contributed by atoms with van der Waals surface area (Å²) in [6.07, 6.45) is 5.43. The zero-order chi connectivity index (χ0) is 21.6. The molecule has 0 aliphatic carbocycles. The maximum Gasteiger partial charge on any atom is 0.237 e. The highest BCUT2D eigenvalue weighted by Gasteiger charge is 2.20. The zero-order valence-electron chi connectivity index (χ0n) is 17.8. The van der Waals surface area contributed by atoms with Gasteiger partial charge in [0.1, 0.15) is 12.1 Å². The number of carbonyl (C=O) groups excluding carboxylic acids is 1. The van der Waals surface area contributed by atoms with Gasteiger partial charge in [0.15, 0.2) is 5.16 Å². The summed E-state index contributed by atoms with van der Waals surface area (Å²) in [5.41, 5.74) is 2.84. The first kappa shape index (κ1) is 21.2. The Morgan fingerprint density at radius 3 is 2.58 bits per heavy atom. The molecule has 1 saturated heterocycles. The molecule has 1 fully saturated rings. The standard InChI is InChI=1S/C23H27N5O2S/c1-17(31-23-26-24-16-28(23)20-8-4-5-9-21(20)30-2)22(29)25-18-10-12-19(13-11-18)27-14-6-3-7-15-27/h4-5,8-13,16-17H,3,6-7,14-15H2,1-2H3,(H,25,29)/t17-/m1/s1. The average Bonchev–Trinajstić information content (AvgIpc) is 3.28. The number of rotatable bonds is 7. The fourth-order valence-corrected chi connectivity index (χ4v) is 4.50. The summed E-state index contributed by atoms with van der Waals surface area (Å²) in [6, 6.07) is 15.7. The Balaban J connectivity index is 1.40. The van der Waals surface area contributed by atoms with Crippen LogP contribution in [0.2, 0.25) is 0 Å². The van der Waals surface area contributed by atoms with E-state index >= 15 is 0 Å². The topological polar surface area (TPSA) is 72.3 Å². The fraction of sp³-hybridized carbons (Fsp3) is 0.348. The summed E-state index contributed by atoms with van der Waals surface area (Å²) in [4.78, 5) is 15.2. The second-order valence-electron chi connectivity index (χ2n) is 7.50. The molecule has 0 bridgehead atoms. The van der Waals surface area contributed by atoms with Crippen LogP contribution in [0.4, 0.5) is 11.4 Å². The summed E-state index contributed by atoms with van der Waals surface area (Å²) < 4.78 is 7.27. The maximum absolute atomic E-state index is 12.8. The number of nitrogens with zero attached hydrogens (tertiary/aromatic N) is 4. The SMILES string of the molecule is COc1ccccc1-n1cnnc1S[C@H](C)C(=O)Nc1ccc(N2CCCCC2)cc1. The minimum absolute atomic E-state index is 0.0784. The quantitative estimate of drug-likeness (QED) is 0.553. The van der Waals surface area contributed by atoms with Crippen molar-refractivity contribution in [1.29, 1.82) is 0 Å². The van der Waals surface area contributed by atoms with Crippen LogP contribution in [-0.2, 0) is 4.79 Å². The Bertz CT molecular complexity index is 1010. The Morgan fingerprint density at radius 1 is 1.10 bits per heavy atom. The number of nitrogens with one attached hydrogen (secondary N) is 1. The summed E-state index contributed by atoms with van der Waals surface area (Å²) in [7, 11) is 1.63. The lowest BCUT2D eigenvalue weighted by molar-refractivity contribution is -0.115. The van der Waals surface area contributed by atoms with Gasteiger partial charge in [-0.2, -0.15) is 0 Å². The molecule has 1 atom stereocenters. The van der Waals surface area contributed by atoms with Crippen LogP contribution in [0.5, 0.6) is 5.75 Å². The molecular formula is C23H27N5O2S. The van der Waals surface area contributed by atoms with Gasteiger partial charge in [-0.05, 0) is 62.6 Å². The van der Waals surface area contributed by atoms with E-state index in [1.165, 1.54) is 36.7 Å². The molecule has 162 valence electrons. The molecule has 1 aliphatic heterocycles. The van der Waals surface area contributed by atoms with Crippen molar-refractivity contribution in [3.8, 4) is 11.4 Å². The van der Waals surface area contributed by atoms with E-state index in [1.54, 1.807) is 13.4 Å². The Morgan fingerprint density at radius 2 is 1.84 bits per heavy atom. The van der Waals surface area contributed by atoms with Crippen LogP contribution in [0.3, 0.4) is 0 Å². The number of benzene rings is 2. The van der Waals surface area contributed by atoms with Crippen molar-refractivity contribution < 1.29 is 9.53 Å². The minimum atomic E-state index is -0.348. The molecule has 31 heavy (non-hydrogen) atoms. The number of aromatic nitrogens is 3. The van der Waals surface area contributed by atoms with Crippen LogP contribution >= 0.6 is 11.8 Å². The van der Waals surface area contributed by atoms with Gasteiger partial charge in [0.05, 0.1) is 18.0 Å². The predicted octanol–water partition coefficient (Wildman–Crippen LogP) is 4.39. The van der Waals surface area contributed by atoms with Crippen molar-refractivity contribution in [2.24, 2.45) is 0 Å². The molecule has 1 aliphatic rings. The van der Waals surface area contributed by atoms with E-state index in [9.17, 15) is 4.79 Å². The number of para-hydroxylation sites is 2. The molecule has 0 spiro atoms. The van der Waals surface area contributed by atoms with E-state index in [4.69, 9.17) is 4.74 Å². The van der Waals surface area contributed by atoms with Gasteiger partial charge >= 0.3 is 0 Å². The molecular weight excluding hydrogens is 410 g/mol. The third kappa shape index (κ3) is 5.02. The Labute approximate surface area is 186 Å². The molecule has 8 heteroatoms. The Hall–Kier alpha value is -3.00. The molecule has 2 heterocycles. The van der Waals surface area contributed by atoms with Gasteiger partial charge in [0.2, 0.25) is 5.91 Å². The molecule has 2 aromatic carbocycles. The lowest BCUT2D eigenvalue weighted by Crippen LogP contribution is -2.29. The minimum Gasteiger partial charge on any atom is -0.495 e. The number of hydrogen-bond acceptors (Lipinski definition) is 6. The number of anilines is 2. The number of ether oxygens (including phenoxy) is 1. The summed E-state index contributed by atoms with van der Waals surface area (Å²) >= 11 is 1.36. The number of carbonyl (C=O) groups is 1. The van der Waals surface area contributed by atoms with Crippen LogP contribution in [-0.4, -0.2) is 46.1 Å². The van der Waals surface area contributed by atoms with Crippen molar-refractivity contribution in [2.75, 3.05) is 30.4 Å². The fourth-order valence-electron chi connectivity index (χ4n) is 3.66. The van der Waals surface area contributed by atoms with E-state index in [-0.39, 0.29) is 11.2 Å². The second kappa shape index (κ2) is 9.87. The van der Waals surface area contributed by atoms with Crippen molar-refractivity contribution in [2.45, 2.75) is 36.6 Å². The van der Waals surface area contributed by atoms with Crippen molar-refractivity contribution in [3.05, 3.63) is 54.9 Å². The first-order chi connectivity index (χ1) is 15.2. The molecule has 4 rings (SSSR count). The van der Waals surface area contributed by atoms with Crippen LogP contribution in [0.1, 0.15) is 26.2 Å². The number of piperidine rings is 1. The third-order valence-corrected chi connectivity index (χ3v) is 6.43. The molecule has 3 aromatic rings. The van der Waals surface area contributed by atoms with Crippen molar-refractivity contribution in [3.63, 3.8) is 0 Å². The smallest absolute Gasteiger partial charge is 0.237 e. The van der Waals surface area contributed by atoms with Crippen LogP contribution < -0.4 is 15.0 Å². The first-order valence-electron chi connectivity index (χ1n) is 10.5. The van der Waals surface area contributed by atoms with Gasteiger partial charge < -0.3 is 15.0 Å². The summed E-state index contributed by atoms with van der Waals surface area (Å²) in [5.74, 6) is 0.639. The zero-order valence-corrected chi connectivity index (χ0v) is 18.6. The lowest BCUT2D eigenvalue weighted by atomic mass is 10.1. The molecule has 7 nitrogen and oxygen atoms in total. The van der Waals surface area contributed by atoms with Gasteiger partial charge in [-0.25, -0.2) is 0 Å². The normalized spacial score (nSPS) is 14.8. The predicted molar refractivity (Wildman–Crippen MR) is 124 cm³/mol. The van der Waals surface area contributed by atoms with Gasteiger partial charge in [-0.3, -0.25) is 9.36 Å². The van der Waals surface area contributed by atoms with Gasteiger partial charge in [-0.1, -0.05) is 23.9 Å². The van der Waals surface area contributed by atoms with E-state index < -0.39 is 0 Å². The average molecular weight is 438 g/mol. The number of methoxy groups -OCH3 is 1. The Kier molecular flexibility index (Phi) is 6.76. The molecule has 1 amide bonds. The van der Waals surface area contributed by atoms with E-state index in [1.807, 2.05) is 47.9 Å². The first-order valence-corrected chi connectivity index (χ1v) is 11.4. The molecule has 0 unspecified atom stereocenters. The number of thioether (sulfide) groups is 1. The van der Waals surface area contributed by atoms with Crippen LogP contribution in [0.15, 0.2) is 60.0 Å². The van der Waals surface area contributed by atoms with Crippen molar-refractivity contribution >= 4 is 29.0 Å².